The number of nitro benzene ring substituents is 1. The fourth-order valence-corrected chi connectivity index (χ4v) is 4.88. The Kier molecular flexibility index (Phi) is 6.07. The van der Waals surface area contributed by atoms with Crippen LogP contribution in [0.5, 0.6) is 0 Å². The summed E-state index contributed by atoms with van der Waals surface area (Å²) in [6, 6.07) is 5.53. The molecule has 2 aromatic rings. The van der Waals surface area contributed by atoms with Crippen molar-refractivity contribution in [3.05, 3.63) is 39.6 Å². The summed E-state index contributed by atoms with van der Waals surface area (Å²) in [7, 11) is 0. The molecule has 0 radical (unpaired) electrons. The highest BCUT2D eigenvalue weighted by atomic mass is 32.2. The first kappa shape index (κ1) is 21.8. The van der Waals surface area contributed by atoms with Gasteiger partial charge in [-0.15, -0.1) is 11.8 Å². The van der Waals surface area contributed by atoms with E-state index in [1.54, 1.807) is 17.8 Å². The Hall–Kier alpha value is -2.39. The number of esters is 1. The van der Waals surface area contributed by atoms with E-state index in [2.05, 4.69) is 14.9 Å². The molecule has 1 N–H and O–H groups in total. The number of aromatic amines is 1. The molecule has 4 rings (SSSR count). The molecule has 0 unspecified atom stereocenters. The number of non-ortho nitro benzene ring substituents is 1. The second-order valence-electron chi connectivity index (χ2n) is 9.25. The largest absolute Gasteiger partial charge is 0.463 e. The second kappa shape index (κ2) is 8.63. The van der Waals surface area contributed by atoms with Gasteiger partial charge < -0.3 is 9.72 Å². The third-order valence-corrected chi connectivity index (χ3v) is 6.68. The molecular formula is C22H28N4O4S. The molecule has 9 heteroatoms. The number of hydrogen-bond donors (Lipinski definition) is 1. The zero-order valence-corrected chi connectivity index (χ0v) is 19.0. The van der Waals surface area contributed by atoms with E-state index in [9.17, 15) is 14.9 Å². The van der Waals surface area contributed by atoms with Crippen molar-refractivity contribution in [2.24, 2.45) is 10.4 Å². The molecule has 1 atom stereocenters. The van der Waals surface area contributed by atoms with Crippen LogP contribution in [0.15, 0.2) is 23.2 Å². The summed E-state index contributed by atoms with van der Waals surface area (Å²) in [5.41, 5.74) is 1.81. The van der Waals surface area contributed by atoms with Crippen molar-refractivity contribution in [3.8, 4) is 0 Å². The number of carbonyl (C=O) groups excluding carboxylic acids is 1. The lowest BCUT2D eigenvalue weighted by molar-refractivity contribution is -0.383. The molecule has 2 aliphatic heterocycles. The van der Waals surface area contributed by atoms with Crippen LogP contribution in [0.1, 0.15) is 44.9 Å². The number of hydrogen-bond acceptors (Lipinski definition) is 7. The summed E-state index contributed by atoms with van der Waals surface area (Å²) in [6.07, 6.45) is 2.36. The van der Waals surface area contributed by atoms with Gasteiger partial charge in [-0.05, 0) is 64.4 Å². The number of H-pyrrole nitrogens is 1. The lowest BCUT2D eigenvalue weighted by Gasteiger charge is -2.17. The molecule has 0 saturated carbocycles. The quantitative estimate of drug-likeness (QED) is 0.409. The lowest BCUT2D eigenvalue weighted by atomic mass is 9.97. The first-order valence-electron chi connectivity index (χ1n) is 10.6. The maximum absolute atomic E-state index is 12.0. The van der Waals surface area contributed by atoms with E-state index in [4.69, 9.17) is 4.74 Å². The van der Waals surface area contributed by atoms with Gasteiger partial charge in [0, 0.05) is 23.8 Å². The number of benzene rings is 1. The smallest absolute Gasteiger partial charge is 0.311 e. The van der Waals surface area contributed by atoms with Gasteiger partial charge in [-0.2, -0.15) is 0 Å². The Labute approximate surface area is 185 Å². The molecule has 0 aliphatic carbocycles. The summed E-state index contributed by atoms with van der Waals surface area (Å²) in [5.74, 6) is 0.470. The van der Waals surface area contributed by atoms with Crippen LogP contribution in [-0.2, 0) is 16.1 Å². The zero-order chi connectivity index (χ0) is 22.2. The van der Waals surface area contributed by atoms with Crippen molar-refractivity contribution < 1.29 is 14.5 Å². The number of fused-ring (bicyclic) bond motifs is 1. The van der Waals surface area contributed by atoms with Crippen molar-refractivity contribution in [3.63, 3.8) is 0 Å². The number of rotatable bonds is 6. The van der Waals surface area contributed by atoms with Gasteiger partial charge in [-0.3, -0.25) is 24.8 Å². The number of thioether (sulfide) groups is 1. The monoisotopic (exact) mass is 444 g/mol. The fourth-order valence-electron chi connectivity index (χ4n) is 3.87. The predicted octanol–water partition coefficient (Wildman–Crippen LogP) is 4.12. The molecule has 0 spiro atoms. The highest BCUT2D eigenvalue weighted by Crippen LogP contribution is 2.32. The minimum absolute atomic E-state index is 0.0946. The molecule has 8 nitrogen and oxygen atoms in total. The summed E-state index contributed by atoms with van der Waals surface area (Å²) >= 11 is 1.57. The van der Waals surface area contributed by atoms with Crippen LogP contribution < -0.4 is 0 Å². The van der Waals surface area contributed by atoms with E-state index in [0.717, 1.165) is 41.3 Å². The highest BCUT2D eigenvalue weighted by Gasteiger charge is 2.27. The van der Waals surface area contributed by atoms with Crippen molar-refractivity contribution in [2.45, 2.75) is 46.2 Å². The minimum Gasteiger partial charge on any atom is -0.463 e. The average molecular weight is 445 g/mol. The standard InChI is InChI=1S/C22H28N4O4S/c1-22(2,3)21(27)30-12-16-13-31-20(23-16)17-10-15-8-14(11-25-6-4-5-7-25)9-18(26(28)29)19(15)24-17/h8-10,16,24H,4-7,11-13H2,1-3H3/t16-/m1/s1. The molecule has 2 aliphatic rings. The number of likely N-dealkylation sites (tertiary alicyclic amines) is 1. The van der Waals surface area contributed by atoms with E-state index in [1.807, 2.05) is 32.9 Å². The summed E-state index contributed by atoms with van der Waals surface area (Å²) in [4.78, 5) is 33.6. The Bertz CT molecular complexity index is 1030. The van der Waals surface area contributed by atoms with Crippen LogP contribution >= 0.6 is 11.8 Å². The summed E-state index contributed by atoms with van der Waals surface area (Å²) in [5, 5.41) is 13.3. The maximum Gasteiger partial charge on any atom is 0.311 e. The third kappa shape index (κ3) is 4.93. The van der Waals surface area contributed by atoms with E-state index in [1.165, 1.54) is 12.8 Å². The number of aromatic nitrogens is 1. The molecular weight excluding hydrogens is 416 g/mol. The van der Waals surface area contributed by atoms with Gasteiger partial charge in [0.25, 0.3) is 5.69 Å². The molecule has 3 heterocycles. The van der Waals surface area contributed by atoms with Gasteiger partial charge in [0.05, 0.1) is 22.1 Å². The second-order valence-corrected chi connectivity index (χ2v) is 10.3. The Morgan fingerprint density at radius 3 is 2.74 bits per heavy atom. The average Bonchev–Trinajstić information content (AvgIpc) is 3.44. The highest BCUT2D eigenvalue weighted by molar-refractivity contribution is 8.14. The molecule has 0 bridgehead atoms. The van der Waals surface area contributed by atoms with E-state index < -0.39 is 5.41 Å². The number of nitro groups is 1. The number of carbonyl (C=O) groups is 1. The van der Waals surface area contributed by atoms with Crippen molar-refractivity contribution >= 4 is 39.4 Å². The number of aliphatic imine (C=N–C) groups is 1. The van der Waals surface area contributed by atoms with Gasteiger partial charge in [0.2, 0.25) is 0 Å². The lowest BCUT2D eigenvalue weighted by Crippen LogP contribution is -2.26. The topological polar surface area (TPSA) is 101 Å². The van der Waals surface area contributed by atoms with Crippen LogP contribution in [0, 0.1) is 15.5 Å². The van der Waals surface area contributed by atoms with E-state index in [-0.39, 0.29) is 29.2 Å². The Morgan fingerprint density at radius 2 is 2.06 bits per heavy atom. The van der Waals surface area contributed by atoms with Crippen LogP contribution in [0.4, 0.5) is 5.69 Å². The minimum atomic E-state index is -0.540. The Balaban J connectivity index is 1.55. The molecule has 0 amide bonds. The predicted molar refractivity (Wildman–Crippen MR) is 123 cm³/mol. The molecule has 1 saturated heterocycles. The van der Waals surface area contributed by atoms with E-state index in [0.29, 0.717) is 11.3 Å². The van der Waals surface area contributed by atoms with Crippen LogP contribution in [0.3, 0.4) is 0 Å². The summed E-state index contributed by atoms with van der Waals surface area (Å²) in [6.45, 7) is 8.52. The fraction of sp³-hybridized carbons (Fsp3) is 0.545. The van der Waals surface area contributed by atoms with Crippen molar-refractivity contribution in [1.29, 1.82) is 0 Å². The van der Waals surface area contributed by atoms with Gasteiger partial charge >= 0.3 is 5.97 Å². The van der Waals surface area contributed by atoms with Crippen molar-refractivity contribution in [1.82, 2.24) is 9.88 Å². The molecule has 31 heavy (non-hydrogen) atoms. The van der Waals surface area contributed by atoms with Crippen molar-refractivity contribution in [2.75, 3.05) is 25.4 Å². The van der Waals surface area contributed by atoms with Gasteiger partial charge in [0.15, 0.2) is 0 Å². The normalized spacial score (nSPS) is 19.7. The number of nitrogens with zero attached hydrogens (tertiary/aromatic N) is 3. The van der Waals surface area contributed by atoms with Gasteiger partial charge in [-0.25, -0.2) is 0 Å². The molecule has 166 valence electrons. The molecule has 1 aromatic heterocycles. The SMILES string of the molecule is CC(C)(C)C(=O)OC[C@@H]1CSC(c2cc3cc(CN4CCCC4)cc([N+](=O)[O-])c3[nH]2)=N1. The van der Waals surface area contributed by atoms with Gasteiger partial charge in [-0.1, -0.05) is 0 Å². The number of ether oxygens (including phenoxy) is 1. The van der Waals surface area contributed by atoms with Crippen LogP contribution in [0.2, 0.25) is 0 Å². The summed E-state index contributed by atoms with van der Waals surface area (Å²) < 4.78 is 5.40. The van der Waals surface area contributed by atoms with Crippen LogP contribution in [-0.4, -0.2) is 57.3 Å². The zero-order valence-electron chi connectivity index (χ0n) is 18.1. The first-order valence-corrected chi connectivity index (χ1v) is 11.6. The third-order valence-electron chi connectivity index (χ3n) is 5.53. The van der Waals surface area contributed by atoms with Gasteiger partial charge in [0.1, 0.15) is 17.2 Å². The van der Waals surface area contributed by atoms with Crippen LogP contribution in [0.25, 0.3) is 10.9 Å². The molecule has 1 fully saturated rings. The van der Waals surface area contributed by atoms with E-state index >= 15 is 0 Å². The number of nitrogens with one attached hydrogen (secondary N) is 1. The molecule has 1 aromatic carbocycles. The Morgan fingerprint density at radius 1 is 1.32 bits per heavy atom. The maximum atomic E-state index is 12.0. The first-order chi connectivity index (χ1) is 14.7.